The van der Waals surface area contributed by atoms with Gasteiger partial charge in [-0.1, -0.05) is 18.2 Å². The molecule has 0 bridgehead atoms. The average Bonchev–Trinajstić information content (AvgIpc) is 2.39. The minimum atomic E-state index is -0.806. The van der Waals surface area contributed by atoms with Crippen molar-refractivity contribution in [3.05, 3.63) is 30.3 Å². The lowest BCUT2D eigenvalue weighted by Gasteiger charge is -2.40. The molecule has 0 amide bonds. The van der Waals surface area contributed by atoms with Crippen molar-refractivity contribution in [2.45, 2.75) is 25.4 Å². The maximum Gasteiger partial charge on any atom is 0.0836 e. The standard InChI is InChI=1S/C14H18N2O/c1-12(11-15)14(17)7-9-16(10-8-14)13-5-3-2-4-6-13/h2-6,12,17H,7-10H2,1H3. The molecule has 0 radical (unpaired) electrons. The molecule has 2 rings (SSSR count). The second-order valence-electron chi connectivity index (χ2n) is 4.78. The lowest BCUT2D eigenvalue weighted by atomic mass is 9.81. The molecule has 3 heteroatoms. The topological polar surface area (TPSA) is 47.3 Å². The summed E-state index contributed by atoms with van der Waals surface area (Å²) in [4.78, 5) is 2.26. The van der Waals surface area contributed by atoms with Gasteiger partial charge in [-0.25, -0.2) is 0 Å². The molecular formula is C14H18N2O. The number of hydrogen-bond acceptors (Lipinski definition) is 3. The number of anilines is 1. The van der Waals surface area contributed by atoms with E-state index in [-0.39, 0.29) is 5.92 Å². The van der Waals surface area contributed by atoms with Gasteiger partial charge < -0.3 is 10.0 Å². The van der Waals surface area contributed by atoms with Crippen LogP contribution in [0, 0.1) is 17.2 Å². The average molecular weight is 230 g/mol. The highest BCUT2D eigenvalue weighted by Crippen LogP contribution is 2.31. The van der Waals surface area contributed by atoms with Crippen LogP contribution in [-0.2, 0) is 0 Å². The second kappa shape index (κ2) is 4.77. The molecule has 0 spiro atoms. The fourth-order valence-electron chi connectivity index (χ4n) is 2.34. The Hall–Kier alpha value is -1.53. The molecule has 3 nitrogen and oxygen atoms in total. The third-order valence-electron chi connectivity index (χ3n) is 3.75. The number of nitriles is 1. The number of piperidine rings is 1. The first-order valence-electron chi connectivity index (χ1n) is 6.08. The zero-order chi connectivity index (χ0) is 12.3. The third-order valence-corrected chi connectivity index (χ3v) is 3.75. The zero-order valence-corrected chi connectivity index (χ0v) is 10.1. The summed E-state index contributed by atoms with van der Waals surface area (Å²) in [5.41, 5.74) is 0.388. The summed E-state index contributed by atoms with van der Waals surface area (Å²) in [6, 6.07) is 12.4. The molecule has 1 aliphatic heterocycles. The van der Waals surface area contributed by atoms with E-state index in [2.05, 4.69) is 23.1 Å². The summed E-state index contributed by atoms with van der Waals surface area (Å²) >= 11 is 0. The van der Waals surface area contributed by atoms with Crippen LogP contribution in [0.25, 0.3) is 0 Å². The van der Waals surface area contributed by atoms with E-state index in [0.29, 0.717) is 12.8 Å². The van der Waals surface area contributed by atoms with Crippen molar-refractivity contribution in [3.63, 3.8) is 0 Å². The van der Waals surface area contributed by atoms with Crippen LogP contribution in [0.15, 0.2) is 30.3 Å². The van der Waals surface area contributed by atoms with Crippen molar-refractivity contribution < 1.29 is 5.11 Å². The van der Waals surface area contributed by atoms with Crippen LogP contribution in [0.2, 0.25) is 0 Å². The van der Waals surface area contributed by atoms with Gasteiger partial charge in [0.2, 0.25) is 0 Å². The highest BCUT2D eigenvalue weighted by Gasteiger charge is 2.37. The Balaban J connectivity index is 2.02. The van der Waals surface area contributed by atoms with Crippen LogP contribution < -0.4 is 4.90 Å². The van der Waals surface area contributed by atoms with Crippen molar-refractivity contribution in [3.8, 4) is 6.07 Å². The lowest BCUT2D eigenvalue weighted by molar-refractivity contribution is -0.0138. The lowest BCUT2D eigenvalue weighted by Crippen LogP contribution is -2.47. The zero-order valence-electron chi connectivity index (χ0n) is 10.1. The Bertz CT molecular complexity index is 402. The number of benzene rings is 1. The molecule has 0 aliphatic carbocycles. The van der Waals surface area contributed by atoms with Gasteiger partial charge in [-0.2, -0.15) is 5.26 Å². The van der Waals surface area contributed by atoms with Gasteiger partial charge in [-0.05, 0) is 31.9 Å². The normalized spacial score (nSPS) is 20.6. The molecule has 1 atom stereocenters. The van der Waals surface area contributed by atoms with Crippen LogP contribution in [0.5, 0.6) is 0 Å². The molecule has 1 aromatic carbocycles. The number of rotatable bonds is 2. The van der Waals surface area contributed by atoms with E-state index in [1.54, 1.807) is 6.92 Å². The third kappa shape index (κ3) is 2.42. The van der Waals surface area contributed by atoms with Gasteiger partial charge in [-0.15, -0.1) is 0 Å². The summed E-state index contributed by atoms with van der Waals surface area (Å²) in [5, 5.41) is 19.3. The van der Waals surface area contributed by atoms with Crippen LogP contribution in [0.3, 0.4) is 0 Å². The predicted octanol–water partition coefficient (Wildman–Crippen LogP) is 2.18. The number of hydrogen-bond donors (Lipinski definition) is 1. The molecule has 90 valence electrons. The van der Waals surface area contributed by atoms with E-state index < -0.39 is 5.60 Å². The molecule has 1 aromatic rings. The van der Waals surface area contributed by atoms with Crippen molar-refractivity contribution in [2.75, 3.05) is 18.0 Å². The molecule has 1 N–H and O–H groups in total. The van der Waals surface area contributed by atoms with Crippen LogP contribution in [0.4, 0.5) is 5.69 Å². The van der Waals surface area contributed by atoms with Gasteiger partial charge >= 0.3 is 0 Å². The molecular weight excluding hydrogens is 212 g/mol. The largest absolute Gasteiger partial charge is 0.388 e. The van der Waals surface area contributed by atoms with Gasteiger partial charge in [0, 0.05) is 18.8 Å². The van der Waals surface area contributed by atoms with Crippen molar-refractivity contribution >= 4 is 5.69 Å². The molecule has 1 saturated heterocycles. The molecule has 17 heavy (non-hydrogen) atoms. The van der Waals surface area contributed by atoms with E-state index >= 15 is 0 Å². The van der Waals surface area contributed by atoms with Gasteiger partial charge in [-0.3, -0.25) is 0 Å². The highest BCUT2D eigenvalue weighted by molar-refractivity contribution is 5.46. The SMILES string of the molecule is CC(C#N)C1(O)CCN(c2ccccc2)CC1. The van der Waals surface area contributed by atoms with E-state index in [0.717, 1.165) is 13.1 Å². The fourth-order valence-corrected chi connectivity index (χ4v) is 2.34. The highest BCUT2D eigenvalue weighted by atomic mass is 16.3. The van der Waals surface area contributed by atoms with Gasteiger partial charge in [0.15, 0.2) is 0 Å². The first-order chi connectivity index (χ1) is 8.15. The Labute approximate surface area is 102 Å². The van der Waals surface area contributed by atoms with E-state index in [4.69, 9.17) is 5.26 Å². The van der Waals surface area contributed by atoms with Crippen LogP contribution in [-0.4, -0.2) is 23.8 Å². The molecule has 0 aromatic heterocycles. The first kappa shape index (κ1) is 11.9. The van der Waals surface area contributed by atoms with Gasteiger partial charge in [0.05, 0.1) is 17.6 Å². The molecule has 1 fully saturated rings. The Kier molecular flexibility index (Phi) is 3.35. The Morgan fingerprint density at radius 3 is 2.41 bits per heavy atom. The van der Waals surface area contributed by atoms with Crippen LogP contribution >= 0.6 is 0 Å². The van der Waals surface area contributed by atoms with Gasteiger partial charge in [0.25, 0.3) is 0 Å². The number of nitrogens with zero attached hydrogens (tertiary/aromatic N) is 2. The van der Waals surface area contributed by atoms with Crippen molar-refractivity contribution in [1.29, 1.82) is 5.26 Å². The minimum absolute atomic E-state index is 0.291. The van der Waals surface area contributed by atoms with Crippen molar-refractivity contribution in [1.82, 2.24) is 0 Å². The first-order valence-corrected chi connectivity index (χ1v) is 6.08. The maximum atomic E-state index is 10.4. The minimum Gasteiger partial charge on any atom is -0.388 e. The summed E-state index contributed by atoms with van der Waals surface area (Å²) in [6.45, 7) is 3.43. The number of para-hydroxylation sites is 1. The maximum absolute atomic E-state index is 10.4. The summed E-state index contributed by atoms with van der Waals surface area (Å²) in [7, 11) is 0. The predicted molar refractivity (Wildman–Crippen MR) is 67.6 cm³/mol. The fraction of sp³-hybridized carbons (Fsp3) is 0.500. The van der Waals surface area contributed by atoms with Crippen LogP contribution in [0.1, 0.15) is 19.8 Å². The Morgan fingerprint density at radius 2 is 1.88 bits per heavy atom. The van der Waals surface area contributed by atoms with E-state index in [1.807, 2.05) is 18.2 Å². The monoisotopic (exact) mass is 230 g/mol. The van der Waals surface area contributed by atoms with Crippen molar-refractivity contribution in [2.24, 2.45) is 5.92 Å². The van der Waals surface area contributed by atoms with E-state index in [1.165, 1.54) is 5.69 Å². The molecule has 0 saturated carbocycles. The summed E-state index contributed by atoms with van der Waals surface area (Å²) in [5.74, 6) is -0.291. The van der Waals surface area contributed by atoms with E-state index in [9.17, 15) is 5.11 Å². The quantitative estimate of drug-likeness (QED) is 0.847. The molecule has 1 aliphatic rings. The summed E-state index contributed by atoms with van der Waals surface area (Å²) in [6.07, 6.45) is 1.33. The smallest absolute Gasteiger partial charge is 0.0836 e. The van der Waals surface area contributed by atoms with Gasteiger partial charge in [0.1, 0.15) is 0 Å². The second-order valence-corrected chi connectivity index (χ2v) is 4.78. The Morgan fingerprint density at radius 1 is 1.29 bits per heavy atom. The molecule has 1 heterocycles. The molecule has 1 unspecified atom stereocenters. The number of aliphatic hydroxyl groups is 1. The summed E-state index contributed by atoms with van der Waals surface area (Å²) < 4.78 is 0.